The van der Waals surface area contributed by atoms with Crippen LogP contribution < -0.4 is 10.6 Å². The highest BCUT2D eigenvalue weighted by Crippen LogP contribution is 2.32. The fourth-order valence-electron chi connectivity index (χ4n) is 2.85. The third-order valence-electron chi connectivity index (χ3n) is 4.48. The number of amides is 2. The van der Waals surface area contributed by atoms with Crippen molar-refractivity contribution in [1.82, 2.24) is 5.32 Å². The van der Waals surface area contributed by atoms with E-state index in [-0.39, 0.29) is 6.54 Å². The van der Waals surface area contributed by atoms with Crippen molar-refractivity contribution < 1.29 is 14.7 Å². The summed E-state index contributed by atoms with van der Waals surface area (Å²) < 4.78 is 1.06. The quantitative estimate of drug-likeness (QED) is 0.605. The van der Waals surface area contributed by atoms with Crippen molar-refractivity contribution in [3.05, 3.63) is 64.5 Å². The summed E-state index contributed by atoms with van der Waals surface area (Å²) in [4.78, 5) is 25.1. The molecule has 140 valence electrons. The van der Waals surface area contributed by atoms with Gasteiger partial charge in [0.2, 0.25) is 0 Å². The molecular formula is C21H22N2O3S. The van der Waals surface area contributed by atoms with Gasteiger partial charge in [0.15, 0.2) is 0 Å². The summed E-state index contributed by atoms with van der Waals surface area (Å²) in [5.41, 5.74) is 1.13. The summed E-state index contributed by atoms with van der Waals surface area (Å²) in [6, 6.07) is 15.4. The first-order valence-electron chi connectivity index (χ1n) is 8.65. The van der Waals surface area contributed by atoms with Gasteiger partial charge in [-0.05, 0) is 49.4 Å². The summed E-state index contributed by atoms with van der Waals surface area (Å²) in [7, 11) is 0. The van der Waals surface area contributed by atoms with Crippen LogP contribution in [0.3, 0.4) is 0 Å². The molecule has 2 amide bonds. The van der Waals surface area contributed by atoms with Gasteiger partial charge in [-0.2, -0.15) is 0 Å². The molecule has 0 fully saturated rings. The van der Waals surface area contributed by atoms with Gasteiger partial charge in [0.05, 0.1) is 6.54 Å². The van der Waals surface area contributed by atoms with E-state index in [2.05, 4.69) is 10.6 Å². The van der Waals surface area contributed by atoms with Crippen LogP contribution in [0.2, 0.25) is 0 Å². The number of thiophene rings is 1. The molecular weight excluding hydrogens is 360 g/mol. The van der Waals surface area contributed by atoms with Crippen LogP contribution >= 0.6 is 11.3 Å². The van der Waals surface area contributed by atoms with Crippen LogP contribution in [0.5, 0.6) is 0 Å². The summed E-state index contributed by atoms with van der Waals surface area (Å²) >= 11 is 1.47. The second-order valence-corrected chi connectivity index (χ2v) is 7.91. The monoisotopic (exact) mass is 382 g/mol. The zero-order valence-electron chi connectivity index (χ0n) is 15.5. The predicted molar refractivity (Wildman–Crippen MR) is 109 cm³/mol. The maximum Gasteiger partial charge on any atom is 0.313 e. The van der Waals surface area contributed by atoms with Crippen LogP contribution in [0.15, 0.2) is 48.5 Å². The number of aliphatic hydroxyl groups is 1. The van der Waals surface area contributed by atoms with Crippen LogP contribution in [0, 0.1) is 13.8 Å². The number of hydrogen-bond donors (Lipinski definition) is 3. The minimum atomic E-state index is -1.27. The van der Waals surface area contributed by atoms with Crippen molar-refractivity contribution in [2.45, 2.75) is 26.4 Å². The number of carbonyl (C=O) groups is 2. The number of rotatable bonds is 4. The first-order valence-corrected chi connectivity index (χ1v) is 9.46. The van der Waals surface area contributed by atoms with Gasteiger partial charge < -0.3 is 15.7 Å². The Balaban J connectivity index is 1.66. The number of aryl methyl sites for hydroxylation is 2. The predicted octanol–water partition coefficient (Wildman–Crippen LogP) is 3.48. The molecule has 0 aliphatic rings. The first kappa shape index (κ1) is 19.1. The van der Waals surface area contributed by atoms with Crippen molar-refractivity contribution in [2.24, 2.45) is 0 Å². The van der Waals surface area contributed by atoms with Crippen LogP contribution in [0.4, 0.5) is 5.69 Å². The zero-order valence-corrected chi connectivity index (χ0v) is 16.3. The average molecular weight is 382 g/mol. The summed E-state index contributed by atoms with van der Waals surface area (Å²) in [6.45, 7) is 5.31. The van der Waals surface area contributed by atoms with Gasteiger partial charge >= 0.3 is 11.8 Å². The Morgan fingerprint density at radius 3 is 2.37 bits per heavy atom. The molecule has 0 radical (unpaired) electrons. The van der Waals surface area contributed by atoms with Gasteiger partial charge in [0, 0.05) is 15.3 Å². The van der Waals surface area contributed by atoms with E-state index in [1.807, 2.05) is 62.4 Å². The minimum Gasteiger partial charge on any atom is -0.383 e. The molecule has 0 saturated heterocycles. The van der Waals surface area contributed by atoms with Crippen molar-refractivity contribution in [2.75, 3.05) is 11.9 Å². The Morgan fingerprint density at radius 2 is 1.70 bits per heavy atom. The molecule has 3 aromatic rings. The Bertz CT molecular complexity index is 954. The van der Waals surface area contributed by atoms with Gasteiger partial charge in [-0.25, -0.2) is 0 Å². The standard InChI is InChI=1S/C21H22N2O3S/c1-13-7-6-8-14(2)18(13)23-20(25)19(24)22-12-21(3,26)17-11-15-9-4-5-10-16(15)27-17/h4-11,26H,12H2,1-3H3,(H,22,24)(H,23,25). The van der Waals surface area contributed by atoms with Gasteiger partial charge in [0.1, 0.15) is 5.60 Å². The largest absolute Gasteiger partial charge is 0.383 e. The van der Waals surface area contributed by atoms with E-state index in [0.29, 0.717) is 5.69 Å². The second-order valence-electron chi connectivity index (χ2n) is 6.83. The molecule has 1 heterocycles. The Kier molecular flexibility index (Phi) is 5.30. The first-order chi connectivity index (χ1) is 12.8. The SMILES string of the molecule is Cc1cccc(C)c1NC(=O)C(=O)NCC(C)(O)c1cc2ccccc2s1. The van der Waals surface area contributed by atoms with E-state index < -0.39 is 17.4 Å². The molecule has 0 spiro atoms. The highest BCUT2D eigenvalue weighted by atomic mass is 32.1. The molecule has 0 bridgehead atoms. The molecule has 1 unspecified atom stereocenters. The molecule has 0 saturated carbocycles. The fourth-order valence-corrected chi connectivity index (χ4v) is 3.96. The molecule has 0 aliphatic carbocycles. The van der Waals surface area contributed by atoms with Crippen LogP contribution in [0.1, 0.15) is 22.9 Å². The van der Waals surface area contributed by atoms with Crippen molar-refractivity contribution in [1.29, 1.82) is 0 Å². The Labute approximate surface area is 162 Å². The summed E-state index contributed by atoms with van der Waals surface area (Å²) in [5, 5.41) is 17.0. The van der Waals surface area contributed by atoms with Crippen LogP contribution in [-0.4, -0.2) is 23.5 Å². The number of carbonyl (C=O) groups excluding carboxylic acids is 2. The molecule has 5 nitrogen and oxygen atoms in total. The summed E-state index contributed by atoms with van der Waals surface area (Å²) in [6.07, 6.45) is 0. The lowest BCUT2D eigenvalue weighted by Gasteiger charge is -2.22. The van der Waals surface area contributed by atoms with Gasteiger partial charge in [-0.1, -0.05) is 36.4 Å². The fraction of sp³-hybridized carbons (Fsp3) is 0.238. The van der Waals surface area contributed by atoms with Crippen molar-refractivity contribution in [3.63, 3.8) is 0 Å². The van der Waals surface area contributed by atoms with E-state index in [0.717, 1.165) is 26.1 Å². The molecule has 27 heavy (non-hydrogen) atoms. The van der Waals surface area contributed by atoms with Crippen LogP contribution in [0.25, 0.3) is 10.1 Å². The maximum absolute atomic E-state index is 12.2. The lowest BCUT2D eigenvalue weighted by atomic mass is 10.0. The normalized spacial score (nSPS) is 13.2. The highest BCUT2D eigenvalue weighted by molar-refractivity contribution is 7.19. The smallest absolute Gasteiger partial charge is 0.313 e. The van der Waals surface area contributed by atoms with Gasteiger partial charge in [-0.15, -0.1) is 11.3 Å². The molecule has 0 aliphatic heterocycles. The Morgan fingerprint density at radius 1 is 1.04 bits per heavy atom. The topological polar surface area (TPSA) is 78.4 Å². The number of hydrogen-bond acceptors (Lipinski definition) is 4. The van der Waals surface area contributed by atoms with E-state index in [1.54, 1.807) is 6.92 Å². The van der Waals surface area contributed by atoms with E-state index in [4.69, 9.17) is 0 Å². The van der Waals surface area contributed by atoms with E-state index >= 15 is 0 Å². The Hall–Kier alpha value is -2.70. The third-order valence-corrected chi connectivity index (χ3v) is 5.84. The molecule has 3 N–H and O–H groups in total. The van der Waals surface area contributed by atoms with E-state index in [9.17, 15) is 14.7 Å². The molecule has 3 rings (SSSR count). The third kappa shape index (κ3) is 4.18. The van der Waals surface area contributed by atoms with Crippen molar-refractivity contribution in [3.8, 4) is 0 Å². The molecule has 1 aromatic heterocycles. The minimum absolute atomic E-state index is 0.0567. The molecule has 1 atom stereocenters. The van der Waals surface area contributed by atoms with Crippen molar-refractivity contribution >= 4 is 38.9 Å². The number of anilines is 1. The number of fused-ring (bicyclic) bond motifs is 1. The lowest BCUT2D eigenvalue weighted by molar-refractivity contribution is -0.136. The van der Waals surface area contributed by atoms with Gasteiger partial charge in [-0.3, -0.25) is 9.59 Å². The van der Waals surface area contributed by atoms with Crippen LogP contribution in [-0.2, 0) is 15.2 Å². The highest BCUT2D eigenvalue weighted by Gasteiger charge is 2.27. The molecule has 6 heteroatoms. The second kappa shape index (κ2) is 7.50. The maximum atomic E-state index is 12.2. The van der Waals surface area contributed by atoms with E-state index in [1.165, 1.54) is 11.3 Å². The zero-order chi connectivity index (χ0) is 19.6. The molecule has 2 aromatic carbocycles. The summed E-state index contributed by atoms with van der Waals surface area (Å²) in [5.74, 6) is -1.53. The number of nitrogens with one attached hydrogen (secondary N) is 2. The lowest BCUT2D eigenvalue weighted by Crippen LogP contribution is -2.43. The van der Waals surface area contributed by atoms with Gasteiger partial charge in [0.25, 0.3) is 0 Å². The average Bonchev–Trinajstić information content (AvgIpc) is 3.08. The number of benzene rings is 2. The number of para-hydroxylation sites is 1.